The fourth-order valence-electron chi connectivity index (χ4n) is 3.87. The average Bonchev–Trinajstić information content (AvgIpc) is 2.93. The van der Waals surface area contributed by atoms with Gasteiger partial charge in [-0.15, -0.1) is 6.58 Å². The Bertz CT molecular complexity index is 805. The summed E-state index contributed by atoms with van der Waals surface area (Å²) in [4.78, 5) is 15.5. The lowest BCUT2D eigenvalue weighted by Crippen LogP contribution is -2.36. The first-order chi connectivity index (χ1) is 13.0. The third kappa shape index (κ3) is 3.93. The highest BCUT2D eigenvalue weighted by molar-refractivity contribution is 5.97. The van der Waals surface area contributed by atoms with E-state index in [2.05, 4.69) is 28.3 Å². The van der Waals surface area contributed by atoms with E-state index in [1.54, 1.807) is 0 Å². The van der Waals surface area contributed by atoms with Crippen molar-refractivity contribution in [1.29, 1.82) is 0 Å². The molecule has 0 spiro atoms. The number of morpholine rings is 1. The van der Waals surface area contributed by atoms with Gasteiger partial charge in [-0.3, -0.25) is 4.79 Å². The van der Waals surface area contributed by atoms with E-state index in [0.29, 0.717) is 6.54 Å². The fourth-order valence-corrected chi connectivity index (χ4v) is 3.87. The Morgan fingerprint density at radius 1 is 1.26 bits per heavy atom. The average molecular weight is 367 g/mol. The molecule has 144 valence electrons. The van der Waals surface area contributed by atoms with Gasteiger partial charge in [0.05, 0.1) is 24.9 Å². The van der Waals surface area contributed by atoms with Gasteiger partial charge in [0.15, 0.2) is 0 Å². The first-order valence-electron chi connectivity index (χ1n) is 9.53. The molecule has 1 aromatic carbocycles. The zero-order valence-corrected chi connectivity index (χ0v) is 16.5. The number of allylic oxidation sites excluding steroid dienone is 1. The largest absolute Gasteiger partial charge is 0.378 e. The Morgan fingerprint density at radius 2 is 1.93 bits per heavy atom. The Balaban J connectivity index is 1.93. The third-order valence-electron chi connectivity index (χ3n) is 5.23. The lowest BCUT2D eigenvalue weighted by atomic mass is 10.1. The van der Waals surface area contributed by atoms with E-state index in [4.69, 9.17) is 4.74 Å². The molecular formula is C22H29N3O2. The summed E-state index contributed by atoms with van der Waals surface area (Å²) in [5.74, 6) is -0.0479. The van der Waals surface area contributed by atoms with Crippen molar-refractivity contribution in [3.63, 3.8) is 0 Å². The molecule has 2 heterocycles. The maximum Gasteiger partial charge on any atom is 0.268 e. The van der Waals surface area contributed by atoms with Crippen molar-refractivity contribution in [3.05, 3.63) is 65.5 Å². The van der Waals surface area contributed by atoms with Crippen molar-refractivity contribution in [2.24, 2.45) is 0 Å². The second-order valence-electron chi connectivity index (χ2n) is 7.01. The van der Waals surface area contributed by atoms with Crippen LogP contribution in [-0.4, -0.2) is 36.8 Å². The lowest BCUT2D eigenvalue weighted by molar-refractivity contribution is 0.0930. The van der Waals surface area contributed by atoms with Crippen molar-refractivity contribution in [2.45, 2.75) is 33.4 Å². The summed E-state index contributed by atoms with van der Waals surface area (Å²) in [6.07, 6.45) is 1.84. The Hall–Kier alpha value is -2.53. The molecule has 0 bridgehead atoms. The molecule has 5 heteroatoms. The standard InChI is InChI=1S/C22H29N3O2/c1-5-11-25-18(4)20(24-12-14-27-15-13-24)16(2)21(25)22(26)23-17(3)19-9-7-6-8-10-19/h5-10,17H,1,11-15H2,2-4H3,(H,23,26). The Kier molecular flexibility index (Phi) is 6.01. The maximum atomic E-state index is 13.2. The number of anilines is 1. The van der Waals surface area contributed by atoms with Gasteiger partial charge in [-0.25, -0.2) is 0 Å². The van der Waals surface area contributed by atoms with Crippen LogP contribution in [0.3, 0.4) is 0 Å². The SMILES string of the molecule is C=CCn1c(C)c(N2CCOCC2)c(C)c1C(=O)NC(C)c1ccccc1. The van der Waals surface area contributed by atoms with Crippen LogP contribution in [0.1, 0.15) is 40.3 Å². The normalized spacial score (nSPS) is 15.4. The van der Waals surface area contributed by atoms with Crippen molar-refractivity contribution in [1.82, 2.24) is 9.88 Å². The first kappa shape index (κ1) is 19.2. The predicted octanol–water partition coefficient (Wildman–Crippen LogP) is 3.62. The molecule has 1 amide bonds. The third-order valence-corrected chi connectivity index (χ3v) is 5.23. The molecule has 1 atom stereocenters. The second-order valence-corrected chi connectivity index (χ2v) is 7.01. The van der Waals surface area contributed by atoms with Gasteiger partial charge in [-0.2, -0.15) is 0 Å². The summed E-state index contributed by atoms with van der Waals surface area (Å²) in [6, 6.07) is 9.97. The summed E-state index contributed by atoms with van der Waals surface area (Å²) >= 11 is 0. The van der Waals surface area contributed by atoms with E-state index in [9.17, 15) is 4.79 Å². The smallest absolute Gasteiger partial charge is 0.268 e. The zero-order chi connectivity index (χ0) is 19.4. The zero-order valence-electron chi connectivity index (χ0n) is 16.5. The van der Waals surface area contributed by atoms with Crippen LogP contribution in [-0.2, 0) is 11.3 Å². The molecule has 1 aliphatic rings. The van der Waals surface area contributed by atoms with E-state index in [-0.39, 0.29) is 11.9 Å². The van der Waals surface area contributed by atoms with Gasteiger partial charge < -0.3 is 19.5 Å². The van der Waals surface area contributed by atoms with Gasteiger partial charge >= 0.3 is 0 Å². The molecule has 1 aliphatic heterocycles. The molecule has 3 rings (SSSR count). The van der Waals surface area contributed by atoms with Crippen LogP contribution in [0.2, 0.25) is 0 Å². The molecule has 1 aromatic heterocycles. The van der Waals surface area contributed by atoms with Crippen LogP contribution in [0.15, 0.2) is 43.0 Å². The van der Waals surface area contributed by atoms with Gasteiger partial charge in [0.25, 0.3) is 5.91 Å². The Morgan fingerprint density at radius 3 is 2.56 bits per heavy atom. The number of carbonyl (C=O) groups is 1. The van der Waals surface area contributed by atoms with Crippen LogP contribution in [0, 0.1) is 13.8 Å². The van der Waals surface area contributed by atoms with Crippen LogP contribution < -0.4 is 10.2 Å². The number of benzene rings is 1. The van der Waals surface area contributed by atoms with Gasteiger partial charge in [0.2, 0.25) is 0 Å². The molecule has 0 radical (unpaired) electrons. The highest BCUT2D eigenvalue weighted by atomic mass is 16.5. The number of carbonyl (C=O) groups excluding carboxylic acids is 1. The molecule has 0 saturated carbocycles. The minimum Gasteiger partial charge on any atom is -0.378 e. The predicted molar refractivity (Wildman–Crippen MR) is 109 cm³/mol. The molecule has 2 aromatic rings. The molecule has 1 N–H and O–H groups in total. The molecular weight excluding hydrogens is 338 g/mol. The fraction of sp³-hybridized carbons (Fsp3) is 0.409. The van der Waals surface area contributed by atoms with Crippen LogP contribution in [0.5, 0.6) is 0 Å². The number of aromatic nitrogens is 1. The van der Waals surface area contributed by atoms with Gasteiger partial charge in [0.1, 0.15) is 5.69 Å². The summed E-state index contributed by atoms with van der Waals surface area (Å²) in [5, 5.41) is 3.16. The number of ether oxygens (including phenoxy) is 1. The number of nitrogens with zero attached hydrogens (tertiary/aromatic N) is 2. The van der Waals surface area contributed by atoms with Crippen LogP contribution in [0.25, 0.3) is 0 Å². The molecule has 1 saturated heterocycles. The minimum absolute atomic E-state index is 0.0479. The number of rotatable bonds is 6. The summed E-state index contributed by atoms with van der Waals surface area (Å²) in [6.45, 7) is 13.8. The monoisotopic (exact) mass is 367 g/mol. The van der Waals surface area contributed by atoms with Gasteiger partial charge in [-0.1, -0.05) is 36.4 Å². The first-order valence-corrected chi connectivity index (χ1v) is 9.53. The lowest BCUT2D eigenvalue weighted by Gasteiger charge is -2.29. The van der Waals surface area contributed by atoms with E-state index < -0.39 is 0 Å². The highest BCUT2D eigenvalue weighted by Gasteiger charge is 2.27. The summed E-state index contributed by atoms with van der Waals surface area (Å²) in [7, 11) is 0. The van der Waals surface area contributed by atoms with Crippen LogP contribution in [0.4, 0.5) is 5.69 Å². The molecule has 1 fully saturated rings. The van der Waals surface area contributed by atoms with Crippen molar-refractivity contribution in [2.75, 3.05) is 31.2 Å². The van der Waals surface area contributed by atoms with E-state index in [0.717, 1.165) is 54.5 Å². The molecule has 0 aliphatic carbocycles. The quantitative estimate of drug-likeness (QED) is 0.793. The number of amides is 1. The number of hydrogen-bond acceptors (Lipinski definition) is 3. The molecule has 1 unspecified atom stereocenters. The maximum absolute atomic E-state index is 13.2. The molecule has 5 nitrogen and oxygen atoms in total. The van der Waals surface area contributed by atoms with E-state index in [1.807, 2.05) is 50.3 Å². The second kappa shape index (κ2) is 8.44. The van der Waals surface area contributed by atoms with E-state index >= 15 is 0 Å². The van der Waals surface area contributed by atoms with Gasteiger partial charge in [-0.05, 0) is 26.3 Å². The van der Waals surface area contributed by atoms with E-state index in [1.165, 1.54) is 0 Å². The van der Waals surface area contributed by atoms with Crippen molar-refractivity contribution < 1.29 is 9.53 Å². The molecule has 27 heavy (non-hydrogen) atoms. The number of hydrogen-bond donors (Lipinski definition) is 1. The highest BCUT2D eigenvalue weighted by Crippen LogP contribution is 2.32. The van der Waals surface area contributed by atoms with Crippen LogP contribution >= 0.6 is 0 Å². The van der Waals surface area contributed by atoms with Gasteiger partial charge in [0, 0.05) is 30.9 Å². The van der Waals surface area contributed by atoms with Crippen molar-refractivity contribution in [3.8, 4) is 0 Å². The summed E-state index contributed by atoms with van der Waals surface area (Å²) in [5.41, 5.74) is 5.09. The summed E-state index contributed by atoms with van der Waals surface area (Å²) < 4.78 is 7.56. The Labute approximate surface area is 161 Å². The topological polar surface area (TPSA) is 46.5 Å². The number of nitrogens with one attached hydrogen (secondary N) is 1. The minimum atomic E-state index is -0.0580. The van der Waals surface area contributed by atoms with Crippen molar-refractivity contribution >= 4 is 11.6 Å².